The van der Waals surface area contributed by atoms with Crippen LogP contribution in [0.15, 0.2) is 85.5 Å². The number of aromatic nitrogens is 3. The van der Waals surface area contributed by atoms with Gasteiger partial charge >= 0.3 is 5.97 Å². The van der Waals surface area contributed by atoms with Crippen molar-refractivity contribution in [3.05, 3.63) is 108 Å². The molecule has 0 spiro atoms. The number of fused-ring (bicyclic) bond motifs is 1. The van der Waals surface area contributed by atoms with Crippen molar-refractivity contribution >= 4 is 34.5 Å². The van der Waals surface area contributed by atoms with E-state index in [0.717, 1.165) is 22.4 Å². The smallest absolute Gasteiger partial charge is 0.338 e. The number of nitrogens with zero attached hydrogens (tertiary/aromatic N) is 3. The fourth-order valence-electron chi connectivity index (χ4n) is 3.99. The minimum Gasteiger partial charge on any atom is -0.462 e. The van der Waals surface area contributed by atoms with Crippen molar-refractivity contribution in [1.82, 2.24) is 14.8 Å². The molecule has 35 heavy (non-hydrogen) atoms. The Labute approximate surface area is 202 Å². The summed E-state index contributed by atoms with van der Waals surface area (Å²) in [6.07, 6.45) is 3.18. The molecule has 5 rings (SSSR count). The fourth-order valence-corrected chi connectivity index (χ4v) is 3.99. The van der Waals surface area contributed by atoms with Crippen LogP contribution in [0.25, 0.3) is 11.3 Å². The van der Waals surface area contributed by atoms with Crippen LogP contribution in [0.1, 0.15) is 34.0 Å². The molecule has 0 bridgehead atoms. The van der Waals surface area contributed by atoms with E-state index in [0.29, 0.717) is 29.1 Å². The lowest BCUT2D eigenvalue weighted by molar-refractivity contribution is -0.110. The molecule has 174 valence electrons. The second kappa shape index (κ2) is 9.64. The van der Waals surface area contributed by atoms with Crippen LogP contribution in [-0.2, 0) is 16.1 Å². The first-order chi connectivity index (χ1) is 17.1. The van der Waals surface area contributed by atoms with Crippen molar-refractivity contribution in [2.24, 2.45) is 0 Å². The number of anilines is 2. The quantitative estimate of drug-likeness (QED) is 0.309. The van der Waals surface area contributed by atoms with E-state index in [1.165, 1.54) is 6.33 Å². The molecule has 0 saturated carbocycles. The van der Waals surface area contributed by atoms with Crippen LogP contribution in [-0.4, -0.2) is 33.2 Å². The summed E-state index contributed by atoms with van der Waals surface area (Å²) in [4.78, 5) is 29.3. The first-order valence-corrected chi connectivity index (χ1v) is 11.2. The highest BCUT2D eigenvalue weighted by molar-refractivity contribution is 6.37. The molecule has 8 nitrogen and oxygen atoms in total. The summed E-state index contributed by atoms with van der Waals surface area (Å²) < 4.78 is 6.85. The molecule has 8 heteroatoms. The first kappa shape index (κ1) is 22.1. The van der Waals surface area contributed by atoms with Crippen LogP contribution in [0, 0.1) is 0 Å². The molecular weight excluding hydrogens is 442 g/mol. The molecule has 2 heterocycles. The SMILES string of the molecule is CCOC(=O)c1ccc2c(c1)NC(=O)/C2=C(\Nc1ccc(Cn2cncn2)cc1)c1ccccc1. The molecule has 0 unspecified atom stereocenters. The summed E-state index contributed by atoms with van der Waals surface area (Å²) in [6, 6.07) is 22.7. The monoisotopic (exact) mass is 465 g/mol. The van der Waals surface area contributed by atoms with Crippen molar-refractivity contribution in [3.8, 4) is 0 Å². The van der Waals surface area contributed by atoms with Crippen molar-refractivity contribution in [3.63, 3.8) is 0 Å². The predicted molar refractivity (Wildman–Crippen MR) is 133 cm³/mol. The molecule has 0 radical (unpaired) electrons. The van der Waals surface area contributed by atoms with Crippen molar-refractivity contribution in [2.45, 2.75) is 13.5 Å². The van der Waals surface area contributed by atoms with E-state index in [4.69, 9.17) is 4.74 Å². The number of carbonyl (C=O) groups is 2. The number of benzene rings is 3. The standard InChI is InChI=1S/C27H23N5O3/c1-2-35-27(34)20-10-13-22-23(14-20)31-26(33)24(22)25(19-6-4-3-5-7-19)30-21-11-8-18(9-12-21)15-32-17-28-16-29-32/h3-14,16-17,30H,2,15H2,1H3,(H,31,33)/b25-24-. The minimum absolute atomic E-state index is 0.241. The number of amides is 1. The van der Waals surface area contributed by atoms with Gasteiger partial charge in [-0.25, -0.2) is 14.5 Å². The topological polar surface area (TPSA) is 98.1 Å². The van der Waals surface area contributed by atoms with Crippen LogP contribution in [0.4, 0.5) is 11.4 Å². The average Bonchev–Trinajstić information content (AvgIpc) is 3.50. The molecular formula is C27H23N5O3. The van der Waals surface area contributed by atoms with Crippen molar-refractivity contribution in [1.29, 1.82) is 0 Å². The molecule has 0 atom stereocenters. The summed E-state index contributed by atoms with van der Waals surface area (Å²) in [6.45, 7) is 2.66. The zero-order valence-corrected chi connectivity index (χ0v) is 19.1. The van der Waals surface area contributed by atoms with Crippen LogP contribution < -0.4 is 10.6 Å². The Balaban J connectivity index is 1.51. The molecule has 3 aromatic carbocycles. The number of esters is 1. The number of rotatable bonds is 7. The van der Waals surface area contributed by atoms with Gasteiger partial charge in [-0.05, 0) is 42.3 Å². The molecule has 0 saturated heterocycles. The highest BCUT2D eigenvalue weighted by atomic mass is 16.5. The van der Waals surface area contributed by atoms with Crippen molar-refractivity contribution < 1.29 is 14.3 Å². The summed E-state index contributed by atoms with van der Waals surface area (Å²) >= 11 is 0. The number of hydrogen-bond acceptors (Lipinski definition) is 6. The van der Waals surface area contributed by atoms with E-state index in [1.54, 1.807) is 36.1 Å². The Hall–Kier alpha value is -4.72. The number of hydrogen-bond donors (Lipinski definition) is 2. The van der Waals surface area contributed by atoms with Gasteiger partial charge in [0.05, 0.1) is 35.7 Å². The lowest BCUT2D eigenvalue weighted by Gasteiger charge is -2.15. The Kier molecular flexibility index (Phi) is 6.09. The van der Waals surface area contributed by atoms with Crippen LogP contribution in [0.2, 0.25) is 0 Å². The fraction of sp³-hybridized carbons (Fsp3) is 0.111. The molecule has 0 aliphatic carbocycles. The first-order valence-electron chi connectivity index (χ1n) is 11.2. The largest absolute Gasteiger partial charge is 0.462 e. The van der Waals surface area contributed by atoms with Crippen LogP contribution >= 0.6 is 0 Å². The van der Waals surface area contributed by atoms with Gasteiger partial charge in [0.1, 0.15) is 12.7 Å². The van der Waals surface area contributed by atoms with E-state index in [1.807, 2.05) is 54.6 Å². The second-order valence-electron chi connectivity index (χ2n) is 7.97. The third kappa shape index (κ3) is 4.67. The highest BCUT2D eigenvalue weighted by Crippen LogP contribution is 2.38. The molecule has 2 N–H and O–H groups in total. The number of nitrogens with one attached hydrogen (secondary N) is 2. The predicted octanol–water partition coefficient (Wildman–Crippen LogP) is 4.44. The lowest BCUT2D eigenvalue weighted by Crippen LogP contribution is -2.10. The second-order valence-corrected chi connectivity index (χ2v) is 7.97. The Morgan fingerprint density at radius 3 is 2.54 bits per heavy atom. The van der Waals surface area contributed by atoms with E-state index in [9.17, 15) is 9.59 Å². The number of carbonyl (C=O) groups excluding carboxylic acids is 2. The van der Waals surface area contributed by atoms with E-state index >= 15 is 0 Å². The minimum atomic E-state index is -0.422. The van der Waals surface area contributed by atoms with Gasteiger partial charge < -0.3 is 15.4 Å². The normalized spacial score (nSPS) is 13.7. The average molecular weight is 466 g/mol. The van der Waals surface area contributed by atoms with Crippen molar-refractivity contribution in [2.75, 3.05) is 17.2 Å². The van der Waals surface area contributed by atoms with Gasteiger partial charge in [-0.1, -0.05) is 48.5 Å². The Bertz CT molecular complexity index is 1390. The molecule has 0 fully saturated rings. The van der Waals surface area contributed by atoms with E-state index < -0.39 is 5.97 Å². The van der Waals surface area contributed by atoms with Gasteiger partial charge in [-0.15, -0.1) is 0 Å². The van der Waals surface area contributed by atoms with Gasteiger partial charge in [0, 0.05) is 11.3 Å². The molecule has 1 amide bonds. The van der Waals surface area contributed by atoms with Gasteiger partial charge in [0.25, 0.3) is 5.91 Å². The highest BCUT2D eigenvalue weighted by Gasteiger charge is 2.29. The van der Waals surface area contributed by atoms with E-state index in [-0.39, 0.29) is 12.5 Å². The van der Waals surface area contributed by atoms with Crippen LogP contribution in [0.5, 0.6) is 0 Å². The maximum atomic E-state index is 13.1. The third-order valence-corrected chi connectivity index (χ3v) is 5.62. The summed E-state index contributed by atoms with van der Waals surface area (Å²) in [7, 11) is 0. The molecule has 1 aromatic heterocycles. The van der Waals surface area contributed by atoms with Gasteiger partial charge in [-0.2, -0.15) is 5.10 Å². The van der Waals surface area contributed by atoms with Gasteiger partial charge in [0.2, 0.25) is 0 Å². The summed E-state index contributed by atoms with van der Waals surface area (Å²) in [5.74, 6) is -0.662. The maximum Gasteiger partial charge on any atom is 0.338 e. The molecule has 4 aromatic rings. The zero-order valence-electron chi connectivity index (χ0n) is 19.1. The van der Waals surface area contributed by atoms with E-state index in [2.05, 4.69) is 20.7 Å². The third-order valence-electron chi connectivity index (χ3n) is 5.62. The molecule has 1 aliphatic rings. The maximum absolute atomic E-state index is 13.1. The lowest BCUT2D eigenvalue weighted by atomic mass is 9.99. The molecule has 1 aliphatic heterocycles. The Morgan fingerprint density at radius 2 is 1.83 bits per heavy atom. The summed E-state index contributed by atoms with van der Waals surface area (Å²) in [5, 5.41) is 10.5. The number of ether oxygens (including phenoxy) is 1. The van der Waals surface area contributed by atoms with Crippen LogP contribution in [0.3, 0.4) is 0 Å². The summed E-state index contributed by atoms with van der Waals surface area (Å²) in [5.41, 5.74) is 5.65. The Morgan fingerprint density at radius 1 is 1.03 bits per heavy atom. The zero-order chi connectivity index (χ0) is 24.2. The van der Waals surface area contributed by atoms with Gasteiger partial charge in [-0.3, -0.25) is 4.79 Å². The van der Waals surface area contributed by atoms with Gasteiger partial charge in [0.15, 0.2) is 0 Å².